The summed E-state index contributed by atoms with van der Waals surface area (Å²) in [6.07, 6.45) is 4.61. The van der Waals surface area contributed by atoms with Gasteiger partial charge in [0.1, 0.15) is 11.6 Å². The minimum Gasteiger partial charge on any atom is -0.380 e. The van der Waals surface area contributed by atoms with Gasteiger partial charge in [0.2, 0.25) is 0 Å². The average Bonchev–Trinajstić information content (AvgIpc) is 3.10. The van der Waals surface area contributed by atoms with Crippen molar-refractivity contribution < 1.29 is 9.13 Å². The molecule has 0 spiro atoms. The van der Waals surface area contributed by atoms with Crippen LogP contribution in [0, 0.1) is 5.82 Å². The van der Waals surface area contributed by atoms with Crippen molar-refractivity contribution in [1.82, 2.24) is 14.9 Å². The van der Waals surface area contributed by atoms with E-state index in [-0.39, 0.29) is 18.0 Å². The first-order valence-corrected chi connectivity index (χ1v) is 7.25. The van der Waals surface area contributed by atoms with Crippen LogP contribution in [0.1, 0.15) is 23.9 Å². The highest BCUT2D eigenvalue weighted by Gasteiger charge is 2.34. The molecule has 2 aromatic rings. The maximum atomic E-state index is 13.1. The zero-order valence-corrected chi connectivity index (χ0v) is 12.5. The summed E-state index contributed by atoms with van der Waals surface area (Å²) < 4.78 is 18.6. The van der Waals surface area contributed by atoms with Gasteiger partial charge in [-0.15, -0.1) is 0 Å². The zero-order valence-electron chi connectivity index (χ0n) is 11.7. The van der Waals surface area contributed by atoms with Crippen molar-refractivity contribution in [2.75, 3.05) is 13.7 Å². The highest BCUT2D eigenvalue weighted by atomic mass is 35.5. The fourth-order valence-electron chi connectivity index (χ4n) is 2.82. The topological polar surface area (TPSA) is 41.1 Å². The Bertz CT molecular complexity index is 605. The monoisotopic (exact) mass is 309 g/mol. The summed E-state index contributed by atoms with van der Waals surface area (Å²) in [5, 5.41) is 0.453. The molecule has 2 heterocycles. The summed E-state index contributed by atoms with van der Waals surface area (Å²) >= 11 is 6.13. The Balaban J connectivity index is 1.81. The fourth-order valence-corrected chi connectivity index (χ4v) is 3.05. The maximum Gasteiger partial charge on any atom is 0.124 e. The lowest BCUT2D eigenvalue weighted by Crippen LogP contribution is -2.25. The molecule has 1 aliphatic heterocycles. The molecule has 1 saturated heterocycles. The van der Waals surface area contributed by atoms with Crippen molar-refractivity contribution in [3.8, 4) is 0 Å². The SMILES string of the molecule is CO[C@@H]1C[C@@H](c2ncc[nH]2)N(Cc2ccc(F)cc2Cl)C1. The smallest absolute Gasteiger partial charge is 0.124 e. The number of aromatic nitrogens is 2. The Kier molecular flexibility index (Phi) is 4.24. The molecule has 1 aliphatic rings. The molecule has 112 valence electrons. The fraction of sp³-hybridized carbons (Fsp3) is 0.400. The number of likely N-dealkylation sites (tertiary alicyclic amines) is 1. The normalized spacial score (nSPS) is 22.8. The summed E-state index contributed by atoms with van der Waals surface area (Å²) in [5.74, 6) is 0.607. The van der Waals surface area contributed by atoms with Gasteiger partial charge in [-0.2, -0.15) is 0 Å². The van der Waals surface area contributed by atoms with Crippen molar-refractivity contribution >= 4 is 11.6 Å². The van der Waals surface area contributed by atoms with Crippen LogP contribution >= 0.6 is 11.6 Å². The molecule has 0 aliphatic carbocycles. The van der Waals surface area contributed by atoms with Crippen LogP contribution in [0.3, 0.4) is 0 Å². The molecule has 6 heteroatoms. The van der Waals surface area contributed by atoms with E-state index in [0.717, 1.165) is 24.4 Å². The predicted octanol–water partition coefficient (Wildman–Crippen LogP) is 3.16. The summed E-state index contributed by atoms with van der Waals surface area (Å²) in [7, 11) is 1.72. The Hall–Kier alpha value is -1.43. The molecule has 1 aromatic carbocycles. The van der Waals surface area contributed by atoms with Crippen LogP contribution in [0.5, 0.6) is 0 Å². The molecule has 0 bridgehead atoms. The molecule has 1 N–H and O–H groups in total. The van der Waals surface area contributed by atoms with Crippen molar-refractivity contribution in [3.63, 3.8) is 0 Å². The van der Waals surface area contributed by atoms with Gasteiger partial charge in [0.05, 0.1) is 12.1 Å². The van der Waals surface area contributed by atoms with Gasteiger partial charge in [-0.05, 0) is 24.1 Å². The van der Waals surface area contributed by atoms with Gasteiger partial charge in [-0.1, -0.05) is 17.7 Å². The first-order valence-electron chi connectivity index (χ1n) is 6.87. The Morgan fingerprint density at radius 3 is 3.05 bits per heavy atom. The Morgan fingerprint density at radius 1 is 1.52 bits per heavy atom. The molecule has 0 amide bonds. The molecule has 21 heavy (non-hydrogen) atoms. The third-order valence-corrected chi connectivity index (χ3v) is 4.27. The van der Waals surface area contributed by atoms with E-state index in [9.17, 15) is 4.39 Å². The van der Waals surface area contributed by atoms with E-state index in [0.29, 0.717) is 11.6 Å². The van der Waals surface area contributed by atoms with E-state index in [2.05, 4.69) is 14.9 Å². The number of nitrogens with one attached hydrogen (secondary N) is 1. The van der Waals surface area contributed by atoms with Gasteiger partial charge in [-0.25, -0.2) is 9.37 Å². The molecule has 1 aromatic heterocycles. The summed E-state index contributed by atoms with van der Waals surface area (Å²) in [6.45, 7) is 1.44. The second-order valence-corrected chi connectivity index (χ2v) is 5.66. The molecule has 2 atom stereocenters. The van der Waals surface area contributed by atoms with E-state index in [1.165, 1.54) is 12.1 Å². The minimum absolute atomic E-state index is 0.158. The zero-order chi connectivity index (χ0) is 14.8. The van der Waals surface area contributed by atoms with Gasteiger partial charge in [-0.3, -0.25) is 4.90 Å². The van der Waals surface area contributed by atoms with Crippen LogP contribution in [0.15, 0.2) is 30.6 Å². The highest BCUT2D eigenvalue weighted by molar-refractivity contribution is 6.31. The molecule has 1 fully saturated rings. The van der Waals surface area contributed by atoms with Crippen LogP contribution in [0.25, 0.3) is 0 Å². The van der Waals surface area contributed by atoms with Crippen molar-refractivity contribution in [3.05, 3.63) is 52.8 Å². The van der Waals surface area contributed by atoms with E-state index in [1.54, 1.807) is 19.4 Å². The lowest BCUT2D eigenvalue weighted by molar-refractivity contribution is 0.107. The molecule has 4 nitrogen and oxygen atoms in total. The Labute approximate surface area is 127 Å². The maximum absolute atomic E-state index is 13.1. The number of methoxy groups -OCH3 is 1. The third kappa shape index (κ3) is 3.10. The third-order valence-electron chi connectivity index (χ3n) is 3.92. The van der Waals surface area contributed by atoms with Crippen LogP contribution in [0.2, 0.25) is 5.02 Å². The predicted molar refractivity (Wildman–Crippen MR) is 78.6 cm³/mol. The van der Waals surface area contributed by atoms with Crippen molar-refractivity contribution in [2.24, 2.45) is 0 Å². The van der Waals surface area contributed by atoms with Crippen molar-refractivity contribution in [2.45, 2.75) is 25.1 Å². The summed E-state index contributed by atoms with van der Waals surface area (Å²) in [5.41, 5.74) is 0.909. The number of rotatable bonds is 4. The number of imidazole rings is 1. The quantitative estimate of drug-likeness (QED) is 0.943. The number of benzene rings is 1. The number of hydrogen-bond donors (Lipinski definition) is 1. The van der Waals surface area contributed by atoms with Crippen LogP contribution < -0.4 is 0 Å². The Morgan fingerprint density at radius 2 is 2.38 bits per heavy atom. The number of ether oxygens (including phenoxy) is 1. The molecule has 3 rings (SSSR count). The average molecular weight is 310 g/mol. The van der Waals surface area contributed by atoms with Gasteiger partial charge in [0.25, 0.3) is 0 Å². The first kappa shape index (κ1) is 14.5. The number of H-pyrrole nitrogens is 1. The number of nitrogens with zero attached hydrogens (tertiary/aromatic N) is 2. The molecule has 0 radical (unpaired) electrons. The number of aromatic amines is 1. The van der Waals surface area contributed by atoms with Gasteiger partial charge in [0.15, 0.2) is 0 Å². The number of hydrogen-bond acceptors (Lipinski definition) is 3. The lowest BCUT2D eigenvalue weighted by Gasteiger charge is -2.23. The standard InChI is InChI=1S/C15H17ClFN3O/c1-21-12-7-14(15-18-4-5-19-15)20(9-12)8-10-2-3-11(17)6-13(10)16/h2-6,12,14H,7-9H2,1H3,(H,18,19)/t12-,14+/m1/s1. The van der Waals surface area contributed by atoms with Gasteiger partial charge >= 0.3 is 0 Å². The van der Waals surface area contributed by atoms with Crippen molar-refractivity contribution in [1.29, 1.82) is 0 Å². The summed E-state index contributed by atoms with van der Waals surface area (Å²) in [6, 6.07) is 4.68. The molecule has 0 unspecified atom stereocenters. The van der Waals surface area contributed by atoms with Gasteiger partial charge < -0.3 is 9.72 Å². The van der Waals surface area contributed by atoms with E-state index < -0.39 is 0 Å². The van der Waals surface area contributed by atoms with E-state index >= 15 is 0 Å². The van der Waals surface area contributed by atoms with Gasteiger partial charge in [0, 0.05) is 37.6 Å². The molecular weight excluding hydrogens is 293 g/mol. The second kappa shape index (κ2) is 6.13. The molecule has 0 saturated carbocycles. The first-order chi connectivity index (χ1) is 10.2. The highest BCUT2D eigenvalue weighted by Crippen LogP contribution is 2.33. The number of halogens is 2. The van der Waals surface area contributed by atoms with Crippen LogP contribution in [-0.4, -0.2) is 34.6 Å². The van der Waals surface area contributed by atoms with Crippen LogP contribution in [0.4, 0.5) is 4.39 Å². The second-order valence-electron chi connectivity index (χ2n) is 5.25. The van der Waals surface area contributed by atoms with E-state index in [4.69, 9.17) is 16.3 Å². The summed E-state index contributed by atoms with van der Waals surface area (Å²) in [4.78, 5) is 9.77. The van der Waals surface area contributed by atoms with E-state index in [1.807, 2.05) is 6.20 Å². The molecular formula is C15H17ClFN3O. The van der Waals surface area contributed by atoms with Crippen LogP contribution in [-0.2, 0) is 11.3 Å². The lowest BCUT2D eigenvalue weighted by atomic mass is 10.1. The minimum atomic E-state index is -0.317. The largest absolute Gasteiger partial charge is 0.380 e.